The van der Waals surface area contributed by atoms with Crippen LogP contribution in [0.2, 0.25) is 0 Å². The van der Waals surface area contributed by atoms with E-state index in [0.717, 1.165) is 6.07 Å². The first-order valence-corrected chi connectivity index (χ1v) is 4.59. The summed E-state index contributed by atoms with van der Waals surface area (Å²) in [5.41, 5.74) is 0.790. The molecule has 0 unspecified atom stereocenters. The number of ether oxygens (including phenoxy) is 1. The maximum Gasteiger partial charge on any atom is 0.309 e. The second-order valence-corrected chi connectivity index (χ2v) is 3.07. The van der Waals surface area contributed by atoms with Gasteiger partial charge < -0.3 is 4.74 Å². The number of halogens is 1. The van der Waals surface area contributed by atoms with Crippen LogP contribution in [0.5, 0.6) is 0 Å². The van der Waals surface area contributed by atoms with Crippen LogP contribution in [-0.4, -0.2) is 13.1 Å². The first-order valence-electron chi connectivity index (χ1n) is 4.59. The molecule has 0 N–H and O–H groups in total. The number of rotatable bonds is 3. The van der Waals surface area contributed by atoms with Gasteiger partial charge in [-0.25, -0.2) is 4.39 Å². The highest BCUT2D eigenvalue weighted by molar-refractivity contribution is 5.72. The monoisotopic (exact) mass is 219 g/mol. The maximum atomic E-state index is 13.0. The van der Waals surface area contributed by atoms with Gasteiger partial charge in [0.05, 0.1) is 25.2 Å². The number of hydrogen-bond donors (Lipinski definition) is 0. The lowest BCUT2D eigenvalue weighted by molar-refractivity contribution is -0.139. The van der Waals surface area contributed by atoms with Crippen LogP contribution >= 0.6 is 0 Å². The fourth-order valence-corrected chi connectivity index (χ4v) is 1.15. The average Bonchev–Trinajstić information content (AvgIpc) is 2.28. The smallest absolute Gasteiger partial charge is 0.309 e. The van der Waals surface area contributed by atoms with Crippen molar-refractivity contribution in [2.24, 2.45) is 0 Å². The quantitative estimate of drug-likeness (QED) is 0.733. The van der Waals surface area contributed by atoms with Crippen LogP contribution in [-0.2, 0) is 9.53 Å². The summed E-state index contributed by atoms with van der Waals surface area (Å²) in [6.07, 6.45) is 3.25. The van der Waals surface area contributed by atoms with Crippen LogP contribution in [0.4, 0.5) is 4.39 Å². The molecule has 3 nitrogen and oxygen atoms in total. The zero-order valence-corrected chi connectivity index (χ0v) is 8.74. The van der Waals surface area contributed by atoms with Crippen LogP contribution < -0.4 is 0 Å². The number of esters is 1. The van der Waals surface area contributed by atoms with Crippen LogP contribution in [0.3, 0.4) is 0 Å². The SMILES string of the molecule is COC(=O)CC=Cc1cc(F)cc(C#N)c1. The molecule has 0 heterocycles. The standard InChI is InChI=1S/C12H10FNO2/c1-16-12(15)4-2-3-9-5-10(8-14)7-11(13)6-9/h2-3,5-7H,4H2,1H3. The van der Waals surface area contributed by atoms with Gasteiger partial charge in [-0.05, 0) is 23.8 Å². The lowest BCUT2D eigenvalue weighted by Crippen LogP contribution is -1.96. The minimum Gasteiger partial charge on any atom is -0.469 e. The first-order chi connectivity index (χ1) is 7.65. The Hall–Kier alpha value is -2.15. The first kappa shape index (κ1) is 11.9. The Bertz CT molecular complexity index is 461. The molecule has 0 aromatic heterocycles. The number of carbonyl (C=O) groups is 1. The highest BCUT2D eigenvalue weighted by Gasteiger charge is 1.98. The van der Waals surface area contributed by atoms with Crippen molar-refractivity contribution in [2.45, 2.75) is 6.42 Å². The average molecular weight is 219 g/mol. The molecule has 0 bridgehead atoms. The second kappa shape index (κ2) is 5.66. The fourth-order valence-electron chi connectivity index (χ4n) is 1.15. The molecular weight excluding hydrogens is 209 g/mol. The van der Waals surface area contributed by atoms with Gasteiger partial charge in [0.2, 0.25) is 0 Å². The third kappa shape index (κ3) is 3.54. The van der Waals surface area contributed by atoms with Crippen molar-refractivity contribution in [3.8, 4) is 6.07 Å². The van der Waals surface area contributed by atoms with Gasteiger partial charge in [-0.2, -0.15) is 5.26 Å². The van der Waals surface area contributed by atoms with E-state index < -0.39 is 5.82 Å². The number of methoxy groups -OCH3 is 1. The van der Waals surface area contributed by atoms with Gasteiger partial charge >= 0.3 is 5.97 Å². The normalized spacial score (nSPS) is 10.1. The van der Waals surface area contributed by atoms with Gasteiger partial charge in [0, 0.05) is 0 Å². The largest absolute Gasteiger partial charge is 0.469 e. The van der Waals surface area contributed by atoms with Gasteiger partial charge in [0.25, 0.3) is 0 Å². The minimum atomic E-state index is -0.475. The number of nitriles is 1. The topological polar surface area (TPSA) is 50.1 Å². The maximum absolute atomic E-state index is 13.0. The zero-order chi connectivity index (χ0) is 12.0. The summed E-state index contributed by atoms with van der Waals surface area (Å²) >= 11 is 0. The van der Waals surface area contributed by atoms with Crippen molar-refractivity contribution in [1.29, 1.82) is 5.26 Å². The molecule has 82 valence electrons. The van der Waals surface area contributed by atoms with Crippen LogP contribution in [0.15, 0.2) is 24.3 Å². The number of nitrogens with zero attached hydrogens (tertiary/aromatic N) is 1. The van der Waals surface area contributed by atoms with Gasteiger partial charge in [0.15, 0.2) is 0 Å². The van der Waals surface area contributed by atoms with Crippen LogP contribution in [0, 0.1) is 17.1 Å². The number of benzene rings is 1. The summed E-state index contributed by atoms with van der Waals surface area (Å²) in [7, 11) is 1.30. The molecule has 0 atom stereocenters. The molecule has 1 aromatic carbocycles. The van der Waals surface area contributed by atoms with E-state index in [1.807, 2.05) is 6.07 Å². The summed E-state index contributed by atoms with van der Waals surface area (Å²) in [6, 6.07) is 5.83. The summed E-state index contributed by atoms with van der Waals surface area (Å²) in [5, 5.41) is 8.62. The molecule has 16 heavy (non-hydrogen) atoms. The number of carbonyl (C=O) groups excluding carboxylic acids is 1. The molecule has 1 rings (SSSR count). The van der Waals surface area contributed by atoms with Crippen molar-refractivity contribution in [1.82, 2.24) is 0 Å². The third-order valence-electron chi connectivity index (χ3n) is 1.87. The van der Waals surface area contributed by atoms with E-state index in [2.05, 4.69) is 4.74 Å². The Kier molecular flexibility index (Phi) is 4.22. The van der Waals surface area contributed by atoms with Crippen LogP contribution in [0.25, 0.3) is 6.08 Å². The van der Waals surface area contributed by atoms with Crippen molar-refractivity contribution >= 4 is 12.0 Å². The van der Waals surface area contributed by atoms with Crippen molar-refractivity contribution < 1.29 is 13.9 Å². The number of hydrogen-bond acceptors (Lipinski definition) is 3. The van der Waals surface area contributed by atoms with E-state index in [9.17, 15) is 9.18 Å². The minimum absolute atomic E-state index is 0.120. The van der Waals surface area contributed by atoms with Crippen molar-refractivity contribution in [3.05, 3.63) is 41.2 Å². The van der Waals surface area contributed by atoms with E-state index in [1.165, 1.54) is 19.2 Å². The second-order valence-electron chi connectivity index (χ2n) is 3.07. The molecule has 0 saturated heterocycles. The Morgan fingerprint density at radius 2 is 2.31 bits per heavy atom. The van der Waals surface area contributed by atoms with Crippen molar-refractivity contribution in [2.75, 3.05) is 7.11 Å². The highest BCUT2D eigenvalue weighted by atomic mass is 19.1. The summed E-state index contributed by atoms with van der Waals surface area (Å²) < 4.78 is 17.4. The van der Waals surface area contributed by atoms with E-state index in [1.54, 1.807) is 12.2 Å². The molecule has 0 fully saturated rings. The summed E-state index contributed by atoms with van der Waals surface area (Å²) in [5.74, 6) is -0.843. The molecular formula is C12H10FNO2. The Morgan fingerprint density at radius 3 is 2.94 bits per heavy atom. The molecule has 0 spiro atoms. The molecule has 1 aromatic rings. The molecule has 0 saturated carbocycles. The van der Waals surface area contributed by atoms with E-state index >= 15 is 0 Å². The van der Waals surface area contributed by atoms with Gasteiger partial charge in [-0.15, -0.1) is 0 Å². The van der Waals surface area contributed by atoms with E-state index in [0.29, 0.717) is 5.56 Å². The van der Waals surface area contributed by atoms with Crippen LogP contribution in [0.1, 0.15) is 17.5 Å². The zero-order valence-electron chi connectivity index (χ0n) is 8.74. The Balaban J connectivity index is 2.78. The summed E-state index contributed by atoms with van der Waals surface area (Å²) in [6.45, 7) is 0. The van der Waals surface area contributed by atoms with E-state index in [4.69, 9.17) is 5.26 Å². The van der Waals surface area contributed by atoms with Gasteiger partial charge in [0.1, 0.15) is 5.82 Å². The lowest BCUT2D eigenvalue weighted by Gasteiger charge is -1.96. The molecule has 4 heteroatoms. The summed E-state index contributed by atoms with van der Waals surface area (Å²) in [4.78, 5) is 10.8. The predicted molar refractivity (Wildman–Crippen MR) is 56.8 cm³/mol. The molecule has 0 aliphatic heterocycles. The van der Waals surface area contributed by atoms with Gasteiger partial charge in [-0.3, -0.25) is 4.79 Å². The Labute approximate surface area is 92.8 Å². The molecule has 0 aliphatic rings. The van der Waals surface area contributed by atoms with Gasteiger partial charge in [-0.1, -0.05) is 12.2 Å². The fraction of sp³-hybridized carbons (Fsp3) is 0.167. The highest BCUT2D eigenvalue weighted by Crippen LogP contribution is 2.10. The lowest BCUT2D eigenvalue weighted by atomic mass is 10.1. The van der Waals surface area contributed by atoms with E-state index in [-0.39, 0.29) is 18.0 Å². The third-order valence-corrected chi connectivity index (χ3v) is 1.87. The Morgan fingerprint density at radius 1 is 1.56 bits per heavy atom. The molecule has 0 aliphatic carbocycles. The predicted octanol–water partition coefficient (Wildman–Crippen LogP) is 2.27. The molecule has 0 radical (unpaired) electrons. The molecule has 0 amide bonds. The van der Waals surface area contributed by atoms with Crippen molar-refractivity contribution in [3.63, 3.8) is 0 Å².